The van der Waals surface area contributed by atoms with E-state index in [1.807, 2.05) is 37.3 Å². The zero-order valence-corrected chi connectivity index (χ0v) is 20.3. The lowest BCUT2D eigenvalue weighted by molar-refractivity contribution is 0.0977. The second kappa shape index (κ2) is 10.1. The Balaban J connectivity index is 1.35. The molecular weight excluding hydrogens is 450 g/mol. The Morgan fingerprint density at radius 1 is 1.09 bits per heavy atom. The van der Waals surface area contributed by atoms with Crippen molar-refractivity contribution >= 4 is 50.5 Å². The van der Waals surface area contributed by atoms with E-state index in [0.717, 1.165) is 33.9 Å². The van der Waals surface area contributed by atoms with Gasteiger partial charge in [0.2, 0.25) is 0 Å². The topological polar surface area (TPSA) is 63.2 Å². The van der Waals surface area contributed by atoms with Crippen molar-refractivity contribution in [1.82, 2.24) is 10.3 Å². The maximum Gasteiger partial charge on any atom is 0.257 e. The number of hydrogen-bond acceptors (Lipinski definition) is 5. The van der Waals surface area contributed by atoms with Gasteiger partial charge in [0.15, 0.2) is 5.11 Å². The molecule has 0 aliphatic carbocycles. The number of amides is 1. The van der Waals surface area contributed by atoms with E-state index in [0.29, 0.717) is 5.56 Å². The smallest absolute Gasteiger partial charge is 0.257 e. The van der Waals surface area contributed by atoms with Crippen LogP contribution in [0.3, 0.4) is 0 Å². The molecule has 33 heavy (non-hydrogen) atoms. The summed E-state index contributed by atoms with van der Waals surface area (Å²) in [5.74, 6) is 0.467. The zero-order chi connectivity index (χ0) is 23.4. The van der Waals surface area contributed by atoms with Crippen molar-refractivity contribution in [3.8, 4) is 16.3 Å². The van der Waals surface area contributed by atoms with Crippen molar-refractivity contribution in [3.63, 3.8) is 0 Å². The van der Waals surface area contributed by atoms with Gasteiger partial charge in [-0.2, -0.15) is 0 Å². The fraction of sp³-hybridized carbons (Fsp3) is 0.192. The van der Waals surface area contributed by atoms with E-state index in [1.54, 1.807) is 35.6 Å². The summed E-state index contributed by atoms with van der Waals surface area (Å²) in [4.78, 5) is 17.2. The molecule has 1 atom stereocenters. The van der Waals surface area contributed by atoms with Crippen LogP contribution in [-0.4, -0.2) is 22.1 Å². The van der Waals surface area contributed by atoms with Crippen LogP contribution in [0.1, 0.15) is 36.2 Å². The van der Waals surface area contributed by atoms with Crippen molar-refractivity contribution < 1.29 is 9.53 Å². The van der Waals surface area contributed by atoms with E-state index in [4.69, 9.17) is 21.9 Å². The summed E-state index contributed by atoms with van der Waals surface area (Å²) in [6.45, 7) is 6.16. The van der Waals surface area contributed by atoms with E-state index in [2.05, 4.69) is 36.6 Å². The lowest BCUT2D eigenvalue weighted by Crippen LogP contribution is -2.34. The monoisotopic (exact) mass is 475 g/mol. The van der Waals surface area contributed by atoms with E-state index in [1.165, 1.54) is 10.3 Å². The number of carbonyl (C=O) groups excluding carboxylic acids is 1. The molecule has 4 rings (SSSR count). The van der Waals surface area contributed by atoms with Crippen molar-refractivity contribution in [3.05, 3.63) is 77.9 Å². The van der Waals surface area contributed by atoms with E-state index in [9.17, 15) is 4.79 Å². The highest BCUT2D eigenvalue weighted by atomic mass is 32.1. The van der Waals surface area contributed by atoms with Gasteiger partial charge in [0.05, 0.1) is 16.3 Å². The molecule has 0 spiro atoms. The molecule has 1 amide bonds. The fourth-order valence-electron chi connectivity index (χ4n) is 3.19. The Labute approximate surface area is 202 Å². The lowest BCUT2D eigenvalue weighted by atomic mass is 10.2. The van der Waals surface area contributed by atoms with Gasteiger partial charge in [-0.25, -0.2) is 4.98 Å². The Morgan fingerprint density at radius 2 is 1.82 bits per heavy atom. The highest BCUT2D eigenvalue weighted by Gasteiger charge is 2.10. The number of rotatable bonds is 6. The van der Waals surface area contributed by atoms with Crippen LogP contribution in [0.5, 0.6) is 5.75 Å². The number of nitrogens with one attached hydrogen (secondary N) is 2. The molecule has 2 N–H and O–H groups in total. The van der Waals surface area contributed by atoms with Crippen LogP contribution >= 0.6 is 23.6 Å². The Morgan fingerprint density at radius 3 is 2.52 bits per heavy atom. The van der Waals surface area contributed by atoms with E-state index < -0.39 is 0 Å². The van der Waals surface area contributed by atoms with Crippen LogP contribution < -0.4 is 15.4 Å². The number of ether oxygens (including phenoxy) is 1. The van der Waals surface area contributed by atoms with Gasteiger partial charge in [-0.05, 0) is 98.7 Å². The Kier molecular flexibility index (Phi) is 7.01. The average molecular weight is 476 g/mol. The number of aryl methyl sites for hydroxylation is 1. The van der Waals surface area contributed by atoms with Gasteiger partial charge >= 0.3 is 0 Å². The minimum atomic E-state index is -0.274. The van der Waals surface area contributed by atoms with Crippen molar-refractivity contribution in [1.29, 1.82) is 0 Å². The van der Waals surface area contributed by atoms with Gasteiger partial charge in [-0.15, -0.1) is 11.3 Å². The molecule has 1 aromatic heterocycles. The molecule has 0 saturated carbocycles. The highest BCUT2D eigenvalue weighted by molar-refractivity contribution is 7.80. The zero-order valence-electron chi connectivity index (χ0n) is 18.7. The molecule has 0 radical (unpaired) electrons. The third kappa shape index (κ3) is 5.74. The SMILES string of the molecule is CC[C@H](C)Oc1ccc(C(=O)NC(=S)Nc2ccc(-c3nc4ccc(C)cc4s3)cc2)cc1. The third-order valence-corrected chi connectivity index (χ3v) is 6.46. The summed E-state index contributed by atoms with van der Waals surface area (Å²) < 4.78 is 6.93. The first kappa shape index (κ1) is 22.9. The first-order valence-corrected chi connectivity index (χ1v) is 12.0. The maximum atomic E-state index is 12.5. The summed E-state index contributed by atoms with van der Waals surface area (Å²) in [6.07, 6.45) is 1.05. The molecular formula is C26H25N3O2S2. The van der Waals surface area contributed by atoms with Crippen LogP contribution in [0, 0.1) is 6.92 Å². The molecule has 0 aliphatic rings. The number of carbonyl (C=O) groups is 1. The Hall–Kier alpha value is -3.29. The van der Waals surface area contributed by atoms with E-state index in [-0.39, 0.29) is 17.1 Å². The second-order valence-electron chi connectivity index (χ2n) is 7.84. The highest BCUT2D eigenvalue weighted by Crippen LogP contribution is 2.31. The van der Waals surface area contributed by atoms with Crippen LogP contribution in [0.15, 0.2) is 66.7 Å². The largest absolute Gasteiger partial charge is 0.491 e. The number of anilines is 1. The molecule has 0 aliphatic heterocycles. The van der Waals surface area contributed by atoms with Crippen LogP contribution in [-0.2, 0) is 0 Å². The number of aromatic nitrogens is 1. The number of thiazole rings is 1. The van der Waals surface area contributed by atoms with Crippen molar-refractivity contribution in [2.75, 3.05) is 5.32 Å². The van der Waals surface area contributed by atoms with Crippen LogP contribution in [0.4, 0.5) is 5.69 Å². The number of thiocarbonyl (C=S) groups is 1. The average Bonchev–Trinajstić information content (AvgIpc) is 3.23. The lowest BCUT2D eigenvalue weighted by Gasteiger charge is -2.13. The normalized spacial score (nSPS) is 11.7. The molecule has 0 fully saturated rings. The van der Waals surface area contributed by atoms with Gasteiger partial charge in [-0.3, -0.25) is 10.1 Å². The van der Waals surface area contributed by atoms with Gasteiger partial charge < -0.3 is 10.1 Å². The van der Waals surface area contributed by atoms with Crippen molar-refractivity contribution in [2.45, 2.75) is 33.3 Å². The number of nitrogens with zero attached hydrogens (tertiary/aromatic N) is 1. The van der Waals surface area contributed by atoms with Gasteiger partial charge in [0.25, 0.3) is 5.91 Å². The summed E-state index contributed by atoms with van der Waals surface area (Å²) in [5, 5.41) is 6.98. The predicted molar refractivity (Wildman–Crippen MR) is 140 cm³/mol. The van der Waals surface area contributed by atoms with Crippen LogP contribution in [0.25, 0.3) is 20.8 Å². The first-order valence-electron chi connectivity index (χ1n) is 10.8. The molecule has 0 saturated heterocycles. The maximum absolute atomic E-state index is 12.5. The summed E-state index contributed by atoms with van der Waals surface area (Å²) in [7, 11) is 0. The molecule has 5 nitrogen and oxygen atoms in total. The summed E-state index contributed by atoms with van der Waals surface area (Å²) >= 11 is 6.99. The second-order valence-corrected chi connectivity index (χ2v) is 9.28. The van der Waals surface area contributed by atoms with E-state index >= 15 is 0 Å². The van der Waals surface area contributed by atoms with Crippen molar-refractivity contribution in [2.24, 2.45) is 0 Å². The van der Waals surface area contributed by atoms with Gasteiger partial charge in [-0.1, -0.05) is 13.0 Å². The molecule has 0 unspecified atom stereocenters. The third-order valence-electron chi connectivity index (χ3n) is 5.19. The first-order chi connectivity index (χ1) is 15.9. The molecule has 4 aromatic rings. The molecule has 7 heteroatoms. The summed E-state index contributed by atoms with van der Waals surface area (Å²) in [5.41, 5.74) is 4.57. The molecule has 168 valence electrons. The predicted octanol–water partition coefficient (Wildman–Crippen LogP) is 6.58. The fourth-order valence-corrected chi connectivity index (χ4v) is 4.47. The molecule has 1 heterocycles. The number of fused-ring (bicyclic) bond motifs is 1. The van der Waals surface area contributed by atoms with Crippen LogP contribution in [0.2, 0.25) is 0 Å². The Bertz CT molecular complexity index is 1280. The quantitative estimate of drug-likeness (QED) is 0.309. The minimum Gasteiger partial charge on any atom is -0.491 e. The molecule has 3 aromatic carbocycles. The van der Waals surface area contributed by atoms with Gasteiger partial charge in [0, 0.05) is 16.8 Å². The minimum absolute atomic E-state index is 0.131. The van der Waals surface area contributed by atoms with Gasteiger partial charge in [0.1, 0.15) is 10.8 Å². The summed E-state index contributed by atoms with van der Waals surface area (Å²) in [6, 6.07) is 21.1. The number of benzene rings is 3. The number of hydrogen-bond donors (Lipinski definition) is 2. The standard InChI is InChI=1S/C26H25N3O2S2/c1-4-17(3)31-21-12-8-18(9-13-21)24(30)29-26(32)27-20-10-6-19(7-11-20)25-28-22-14-5-16(2)15-23(22)33-25/h5-15,17H,4H2,1-3H3,(H2,27,29,30,32)/t17-/m0/s1. The molecule has 0 bridgehead atoms.